The maximum Gasteiger partial charge on any atom is 0.337 e. The zero-order valence-corrected chi connectivity index (χ0v) is 10.9. The van der Waals surface area contributed by atoms with Crippen molar-refractivity contribution in [3.63, 3.8) is 0 Å². The molecule has 0 fully saturated rings. The molecule has 8 heteroatoms. The van der Waals surface area contributed by atoms with Gasteiger partial charge in [-0.15, -0.1) is 0 Å². The summed E-state index contributed by atoms with van der Waals surface area (Å²) < 4.78 is 22.8. The summed E-state index contributed by atoms with van der Waals surface area (Å²) in [7, 11) is 0. The summed E-state index contributed by atoms with van der Waals surface area (Å²) >= 11 is 0. The lowest BCUT2D eigenvalue weighted by Crippen LogP contribution is -2.21. The first kappa shape index (κ1) is 14.5. The van der Waals surface area contributed by atoms with Crippen LogP contribution in [-0.4, -0.2) is 28.7 Å². The highest BCUT2D eigenvalue weighted by molar-refractivity contribution is 6.00. The van der Waals surface area contributed by atoms with Gasteiger partial charge < -0.3 is 19.7 Å². The lowest BCUT2D eigenvalue weighted by molar-refractivity contribution is -0.118. The maximum absolute atomic E-state index is 13.0. The van der Waals surface area contributed by atoms with Crippen LogP contribution < -0.4 is 10.1 Å². The van der Waals surface area contributed by atoms with Gasteiger partial charge in [0.15, 0.2) is 6.61 Å². The molecule has 0 saturated heterocycles. The van der Waals surface area contributed by atoms with E-state index in [4.69, 9.17) is 14.4 Å². The number of aryl methyl sites for hydroxylation is 1. The van der Waals surface area contributed by atoms with Crippen LogP contribution in [0.2, 0.25) is 0 Å². The van der Waals surface area contributed by atoms with E-state index in [9.17, 15) is 14.0 Å². The number of halogens is 1. The molecule has 0 unspecified atom stereocenters. The van der Waals surface area contributed by atoms with E-state index in [1.54, 1.807) is 6.92 Å². The molecular weight excluding hydrogens is 283 g/mol. The number of carboxylic acid groups (broad SMARTS) is 1. The van der Waals surface area contributed by atoms with Crippen LogP contribution in [0.5, 0.6) is 5.88 Å². The molecule has 0 spiro atoms. The van der Waals surface area contributed by atoms with Crippen molar-refractivity contribution in [2.24, 2.45) is 0 Å². The summed E-state index contributed by atoms with van der Waals surface area (Å²) in [5.41, 5.74) is -0.366. The number of nitrogens with one attached hydrogen (secondary N) is 1. The Balaban J connectivity index is 2.01. The van der Waals surface area contributed by atoms with Gasteiger partial charge in [-0.1, -0.05) is 0 Å². The fraction of sp³-hybridized carbons (Fsp3) is 0.154. The summed E-state index contributed by atoms with van der Waals surface area (Å²) in [5, 5.41) is 14.8. The number of benzene rings is 1. The predicted molar refractivity (Wildman–Crippen MR) is 68.7 cm³/mol. The van der Waals surface area contributed by atoms with Gasteiger partial charge in [0.05, 0.1) is 11.3 Å². The Morgan fingerprint density at radius 2 is 2.19 bits per heavy atom. The molecule has 110 valence electrons. The molecule has 0 radical (unpaired) electrons. The zero-order valence-electron chi connectivity index (χ0n) is 10.9. The van der Waals surface area contributed by atoms with Crippen LogP contribution in [0.15, 0.2) is 28.8 Å². The van der Waals surface area contributed by atoms with Crippen molar-refractivity contribution < 1.29 is 28.3 Å². The molecule has 1 aromatic carbocycles. The number of hydrogen-bond donors (Lipinski definition) is 2. The highest BCUT2D eigenvalue weighted by atomic mass is 19.1. The first-order valence-corrected chi connectivity index (χ1v) is 5.84. The van der Waals surface area contributed by atoms with Gasteiger partial charge in [0, 0.05) is 6.07 Å². The Morgan fingerprint density at radius 3 is 2.81 bits per heavy atom. The van der Waals surface area contributed by atoms with E-state index < -0.39 is 17.7 Å². The average molecular weight is 294 g/mol. The van der Waals surface area contributed by atoms with E-state index in [0.29, 0.717) is 5.76 Å². The molecule has 0 saturated carbocycles. The molecule has 2 aromatic rings. The normalized spacial score (nSPS) is 10.2. The van der Waals surface area contributed by atoms with Gasteiger partial charge in [-0.2, -0.15) is 0 Å². The van der Waals surface area contributed by atoms with Gasteiger partial charge in [0.1, 0.15) is 11.6 Å². The summed E-state index contributed by atoms with van der Waals surface area (Å²) in [6.07, 6.45) is 0. The molecule has 0 atom stereocenters. The van der Waals surface area contributed by atoms with Gasteiger partial charge in [-0.25, -0.2) is 9.18 Å². The molecule has 2 rings (SSSR count). The smallest absolute Gasteiger partial charge is 0.337 e. The average Bonchev–Trinajstić information content (AvgIpc) is 2.84. The van der Waals surface area contributed by atoms with Crippen molar-refractivity contribution in [1.29, 1.82) is 0 Å². The predicted octanol–water partition coefficient (Wildman–Crippen LogP) is 1.84. The molecule has 1 aromatic heterocycles. The van der Waals surface area contributed by atoms with Gasteiger partial charge in [0.2, 0.25) is 0 Å². The number of carbonyl (C=O) groups is 2. The van der Waals surface area contributed by atoms with Crippen LogP contribution >= 0.6 is 0 Å². The van der Waals surface area contributed by atoms with Crippen molar-refractivity contribution in [3.05, 3.63) is 41.4 Å². The summed E-state index contributed by atoms with van der Waals surface area (Å²) in [5.74, 6) is -2.00. The Labute approximate surface area is 118 Å². The quantitative estimate of drug-likeness (QED) is 0.872. The van der Waals surface area contributed by atoms with Crippen LogP contribution in [0.4, 0.5) is 10.1 Å². The molecule has 1 heterocycles. The van der Waals surface area contributed by atoms with Gasteiger partial charge >= 0.3 is 5.97 Å². The Kier molecular flexibility index (Phi) is 4.17. The number of aromatic nitrogens is 1. The third-order valence-corrected chi connectivity index (χ3v) is 2.44. The van der Waals surface area contributed by atoms with Crippen molar-refractivity contribution in [2.75, 3.05) is 11.9 Å². The fourth-order valence-electron chi connectivity index (χ4n) is 1.54. The Morgan fingerprint density at radius 1 is 1.43 bits per heavy atom. The minimum atomic E-state index is -1.35. The number of anilines is 1. The number of carbonyl (C=O) groups excluding carboxylic acids is 1. The molecular formula is C13H11FN2O5. The van der Waals surface area contributed by atoms with Crippen molar-refractivity contribution >= 4 is 17.6 Å². The number of aromatic carboxylic acids is 1. The van der Waals surface area contributed by atoms with Crippen LogP contribution in [0.3, 0.4) is 0 Å². The van der Waals surface area contributed by atoms with E-state index in [-0.39, 0.29) is 23.7 Å². The molecule has 0 bridgehead atoms. The van der Waals surface area contributed by atoms with Crippen molar-refractivity contribution in [3.8, 4) is 5.88 Å². The molecule has 1 amide bonds. The summed E-state index contributed by atoms with van der Waals surface area (Å²) in [6.45, 7) is 1.28. The lowest BCUT2D eigenvalue weighted by Gasteiger charge is -2.08. The molecule has 0 aliphatic carbocycles. The number of amides is 1. The Hall–Kier alpha value is -2.90. The number of rotatable bonds is 5. The van der Waals surface area contributed by atoms with Gasteiger partial charge in [-0.3, -0.25) is 4.79 Å². The number of nitrogens with zero attached hydrogens (tertiary/aromatic N) is 1. The van der Waals surface area contributed by atoms with Crippen molar-refractivity contribution in [1.82, 2.24) is 5.16 Å². The SMILES string of the molecule is Cc1cc(OCC(=O)Nc2ccc(F)cc2C(=O)O)no1. The van der Waals surface area contributed by atoms with Crippen molar-refractivity contribution in [2.45, 2.75) is 6.92 Å². The van der Waals surface area contributed by atoms with E-state index in [1.165, 1.54) is 6.07 Å². The molecule has 2 N–H and O–H groups in total. The minimum absolute atomic E-state index is 0.0196. The first-order chi connectivity index (χ1) is 9.95. The van der Waals surface area contributed by atoms with E-state index in [2.05, 4.69) is 10.5 Å². The van der Waals surface area contributed by atoms with Gasteiger partial charge in [-0.05, 0) is 30.3 Å². The third-order valence-electron chi connectivity index (χ3n) is 2.44. The second-order valence-electron chi connectivity index (χ2n) is 4.11. The van der Waals surface area contributed by atoms with Gasteiger partial charge in [0.25, 0.3) is 11.8 Å². The Bertz CT molecular complexity index is 683. The van der Waals surface area contributed by atoms with Crippen LogP contribution in [0, 0.1) is 12.7 Å². The van der Waals surface area contributed by atoms with E-state index in [1.807, 2.05) is 0 Å². The number of carboxylic acids is 1. The highest BCUT2D eigenvalue weighted by Gasteiger charge is 2.14. The molecule has 21 heavy (non-hydrogen) atoms. The first-order valence-electron chi connectivity index (χ1n) is 5.84. The standard InChI is InChI=1S/C13H11FN2O5/c1-7-4-12(16-21-7)20-6-11(17)15-10-3-2-8(14)5-9(10)13(18)19/h2-5H,6H2,1H3,(H,15,17)(H,18,19). The third kappa shape index (κ3) is 3.78. The maximum atomic E-state index is 13.0. The second-order valence-corrected chi connectivity index (χ2v) is 4.11. The summed E-state index contributed by atoms with van der Waals surface area (Å²) in [6, 6.07) is 4.52. The highest BCUT2D eigenvalue weighted by Crippen LogP contribution is 2.17. The molecule has 0 aliphatic rings. The van der Waals surface area contributed by atoms with E-state index >= 15 is 0 Å². The zero-order chi connectivity index (χ0) is 15.4. The summed E-state index contributed by atoms with van der Waals surface area (Å²) in [4.78, 5) is 22.6. The van der Waals surface area contributed by atoms with Crippen LogP contribution in [0.1, 0.15) is 16.1 Å². The second kappa shape index (κ2) is 6.04. The fourth-order valence-corrected chi connectivity index (χ4v) is 1.54. The molecule has 7 nitrogen and oxygen atoms in total. The topological polar surface area (TPSA) is 102 Å². The van der Waals surface area contributed by atoms with Crippen LogP contribution in [0.25, 0.3) is 0 Å². The van der Waals surface area contributed by atoms with Crippen LogP contribution in [-0.2, 0) is 4.79 Å². The largest absolute Gasteiger partial charge is 0.478 e. The molecule has 0 aliphatic heterocycles. The monoisotopic (exact) mass is 294 g/mol. The number of hydrogen-bond acceptors (Lipinski definition) is 5. The lowest BCUT2D eigenvalue weighted by atomic mass is 10.1. The minimum Gasteiger partial charge on any atom is -0.478 e. The number of ether oxygens (including phenoxy) is 1. The van der Waals surface area contributed by atoms with E-state index in [0.717, 1.165) is 18.2 Å².